The lowest BCUT2D eigenvalue weighted by atomic mass is 10.00. The first-order valence-electron chi connectivity index (χ1n) is 8.45. The molecule has 1 unspecified atom stereocenters. The fraction of sp³-hybridized carbons (Fsp3) is 0.143. The average molecular weight is 366 g/mol. The van der Waals surface area contributed by atoms with Gasteiger partial charge < -0.3 is 15.8 Å². The number of hydrogen-bond acceptors (Lipinski definition) is 4. The summed E-state index contributed by atoms with van der Waals surface area (Å²) in [5.74, 6) is -1.77. The van der Waals surface area contributed by atoms with Crippen LogP contribution in [0.1, 0.15) is 28.9 Å². The fourth-order valence-corrected chi connectivity index (χ4v) is 2.92. The maximum absolute atomic E-state index is 13.0. The van der Waals surface area contributed by atoms with Crippen LogP contribution in [0, 0.1) is 5.82 Å². The van der Waals surface area contributed by atoms with Crippen molar-refractivity contribution in [2.24, 2.45) is 0 Å². The van der Waals surface area contributed by atoms with Crippen LogP contribution >= 0.6 is 0 Å². The molecule has 3 aromatic rings. The van der Waals surface area contributed by atoms with Crippen molar-refractivity contribution in [2.75, 3.05) is 12.3 Å². The molecule has 1 amide bonds. The maximum atomic E-state index is 13.0. The van der Waals surface area contributed by atoms with Crippen LogP contribution in [0.15, 0.2) is 60.7 Å². The fourth-order valence-electron chi connectivity index (χ4n) is 2.92. The van der Waals surface area contributed by atoms with Crippen LogP contribution in [-0.2, 0) is 9.53 Å². The number of benzene rings is 3. The number of ether oxygens (including phenoxy) is 1. The minimum atomic E-state index is -0.777. The highest BCUT2D eigenvalue weighted by Gasteiger charge is 2.16. The quantitative estimate of drug-likeness (QED) is 0.534. The van der Waals surface area contributed by atoms with Gasteiger partial charge in [0.15, 0.2) is 6.61 Å². The van der Waals surface area contributed by atoms with Gasteiger partial charge in [0.2, 0.25) is 0 Å². The van der Waals surface area contributed by atoms with Gasteiger partial charge in [-0.2, -0.15) is 0 Å². The first-order valence-corrected chi connectivity index (χ1v) is 8.45. The summed E-state index contributed by atoms with van der Waals surface area (Å²) in [7, 11) is 0. The van der Waals surface area contributed by atoms with Crippen LogP contribution in [0.4, 0.5) is 10.1 Å². The van der Waals surface area contributed by atoms with E-state index in [4.69, 9.17) is 10.5 Å². The van der Waals surface area contributed by atoms with E-state index in [1.54, 1.807) is 0 Å². The van der Waals surface area contributed by atoms with E-state index < -0.39 is 24.3 Å². The van der Waals surface area contributed by atoms with Crippen molar-refractivity contribution in [3.05, 3.63) is 77.6 Å². The number of amides is 1. The monoisotopic (exact) mass is 366 g/mol. The van der Waals surface area contributed by atoms with Crippen LogP contribution in [-0.4, -0.2) is 18.5 Å². The largest absolute Gasteiger partial charge is 0.452 e. The molecule has 0 bridgehead atoms. The van der Waals surface area contributed by atoms with Crippen LogP contribution in [0.5, 0.6) is 0 Å². The summed E-state index contributed by atoms with van der Waals surface area (Å²) >= 11 is 0. The van der Waals surface area contributed by atoms with Gasteiger partial charge in [0.25, 0.3) is 5.91 Å². The molecule has 0 radical (unpaired) electrons. The summed E-state index contributed by atoms with van der Waals surface area (Å²) in [6.07, 6.45) is 0. The number of hydrogen-bond donors (Lipinski definition) is 2. The molecule has 1 atom stereocenters. The zero-order valence-corrected chi connectivity index (χ0v) is 14.7. The van der Waals surface area contributed by atoms with Crippen molar-refractivity contribution in [1.82, 2.24) is 5.32 Å². The number of carbonyl (C=O) groups is 2. The second-order valence-corrected chi connectivity index (χ2v) is 6.17. The molecule has 27 heavy (non-hydrogen) atoms. The normalized spacial score (nSPS) is 11.8. The standard InChI is InChI=1S/C21H19FN2O3/c1-13(16-8-4-6-14-5-2-3-7-17(14)16)24-20(25)12-27-21(26)18-10-9-15(22)11-19(18)23/h2-11,13H,12,23H2,1H3,(H,24,25). The Morgan fingerprint density at radius 3 is 2.63 bits per heavy atom. The summed E-state index contributed by atoms with van der Waals surface area (Å²) in [5, 5.41) is 4.93. The van der Waals surface area contributed by atoms with Crippen molar-refractivity contribution in [2.45, 2.75) is 13.0 Å². The summed E-state index contributed by atoms with van der Waals surface area (Å²) in [4.78, 5) is 24.2. The molecule has 6 heteroatoms. The highest BCUT2D eigenvalue weighted by atomic mass is 19.1. The van der Waals surface area contributed by atoms with E-state index in [1.165, 1.54) is 6.07 Å². The predicted octanol–water partition coefficient (Wildman–Crippen LogP) is 3.60. The molecular formula is C21H19FN2O3. The van der Waals surface area contributed by atoms with Crippen molar-refractivity contribution < 1.29 is 18.7 Å². The molecule has 3 aromatic carbocycles. The number of halogens is 1. The molecule has 0 heterocycles. The van der Waals surface area contributed by atoms with Crippen LogP contribution in [0.25, 0.3) is 10.8 Å². The molecule has 0 fully saturated rings. The van der Waals surface area contributed by atoms with Gasteiger partial charge in [0.1, 0.15) is 5.82 Å². The number of fused-ring (bicyclic) bond motifs is 1. The molecule has 0 spiro atoms. The van der Waals surface area contributed by atoms with Gasteiger partial charge in [-0.15, -0.1) is 0 Å². The molecule has 0 aromatic heterocycles. The van der Waals surface area contributed by atoms with E-state index in [0.29, 0.717) is 0 Å². The van der Waals surface area contributed by atoms with Crippen LogP contribution in [0.2, 0.25) is 0 Å². The highest BCUT2D eigenvalue weighted by molar-refractivity contribution is 5.96. The van der Waals surface area contributed by atoms with Gasteiger partial charge in [-0.3, -0.25) is 4.79 Å². The third kappa shape index (κ3) is 4.23. The SMILES string of the molecule is CC(NC(=O)COC(=O)c1ccc(F)cc1N)c1cccc2ccccc12. The van der Waals surface area contributed by atoms with Gasteiger partial charge >= 0.3 is 5.97 Å². The van der Waals surface area contributed by atoms with E-state index in [-0.39, 0.29) is 17.3 Å². The molecule has 0 saturated heterocycles. The van der Waals surface area contributed by atoms with Gasteiger partial charge in [-0.25, -0.2) is 9.18 Å². The first-order chi connectivity index (χ1) is 13.0. The van der Waals surface area contributed by atoms with Crippen LogP contribution in [0.3, 0.4) is 0 Å². The van der Waals surface area contributed by atoms with E-state index in [2.05, 4.69) is 5.32 Å². The molecule has 138 valence electrons. The third-order valence-electron chi connectivity index (χ3n) is 4.24. The van der Waals surface area contributed by atoms with Gasteiger partial charge in [0, 0.05) is 5.69 Å². The Morgan fingerprint density at radius 1 is 1.11 bits per heavy atom. The van der Waals surface area contributed by atoms with E-state index >= 15 is 0 Å². The second kappa shape index (κ2) is 7.86. The number of carbonyl (C=O) groups excluding carboxylic acids is 2. The number of esters is 1. The molecule has 0 aliphatic carbocycles. The molecule has 3 N–H and O–H groups in total. The number of nitrogens with one attached hydrogen (secondary N) is 1. The number of rotatable bonds is 5. The second-order valence-electron chi connectivity index (χ2n) is 6.17. The lowest BCUT2D eigenvalue weighted by Crippen LogP contribution is -2.31. The van der Waals surface area contributed by atoms with E-state index in [0.717, 1.165) is 28.5 Å². The molecular weight excluding hydrogens is 347 g/mol. The number of anilines is 1. The maximum Gasteiger partial charge on any atom is 0.340 e. The Morgan fingerprint density at radius 2 is 1.85 bits per heavy atom. The first kappa shape index (κ1) is 18.4. The van der Waals surface area contributed by atoms with Crippen molar-refractivity contribution in [1.29, 1.82) is 0 Å². The number of nitrogens with two attached hydrogens (primary N) is 1. The Kier molecular flexibility index (Phi) is 5.35. The molecule has 0 aliphatic rings. The average Bonchev–Trinajstić information content (AvgIpc) is 2.65. The Labute approximate surface area is 155 Å². The molecule has 5 nitrogen and oxygen atoms in total. The summed E-state index contributed by atoms with van der Waals surface area (Å²) < 4.78 is 18.0. The Balaban J connectivity index is 1.62. The number of nitrogen functional groups attached to an aromatic ring is 1. The van der Waals surface area contributed by atoms with Crippen LogP contribution < -0.4 is 11.1 Å². The minimum absolute atomic E-state index is 0.0197. The van der Waals surface area contributed by atoms with Crippen molar-refractivity contribution in [3.63, 3.8) is 0 Å². The lowest BCUT2D eigenvalue weighted by Gasteiger charge is -2.16. The van der Waals surface area contributed by atoms with Crippen molar-refractivity contribution >= 4 is 28.3 Å². The highest BCUT2D eigenvalue weighted by Crippen LogP contribution is 2.24. The summed E-state index contributed by atoms with van der Waals surface area (Å²) in [6, 6.07) is 16.9. The van der Waals surface area contributed by atoms with E-state index in [9.17, 15) is 14.0 Å². The molecule has 0 saturated carbocycles. The zero-order chi connectivity index (χ0) is 19.4. The topological polar surface area (TPSA) is 81.4 Å². The van der Waals surface area contributed by atoms with Gasteiger partial charge in [-0.05, 0) is 41.5 Å². The Hall–Kier alpha value is -3.41. The summed E-state index contributed by atoms with van der Waals surface area (Å²) in [5.41, 5.74) is 6.55. The predicted molar refractivity (Wildman–Crippen MR) is 102 cm³/mol. The smallest absolute Gasteiger partial charge is 0.340 e. The minimum Gasteiger partial charge on any atom is -0.452 e. The third-order valence-corrected chi connectivity index (χ3v) is 4.24. The van der Waals surface area contributed by atoms with E-state index in [1.807, 2.05) is 49.4 Å². The lowest BCUT2D eigenvalue weighted by molar-refractivity contribution is -0.124. The molecule has 0 aliphatic heterocycles. The van der Waals surface area contributed by atoms with Crippen molar-refractivity contribution in [3.8, 4) is 0 Å². The zero-order valence-electron chi connectivity index (χ0n) is 14.7. The van der Waals surface area contributed by atoms with Gasteiger partial charge in [0.05, 0.1) is 11.6 Å². The summed E-state index contributed by atoms with van der Waals surface area (Å²) in [6.45, 7) is 1.41. The molecule has 3 rings (SSSR count). The van der Waals surface area contributed by atoms with Gasteiger partial charge in [-0.1, -0.05) is 42.5 Å². The Bertz CT molecular complexity index is 998.